The molecule has 2 atom stereocenters. The summed E-state index contributed by atoms with van der Waals surface area (Å²) in [6, 6.07) is 5.78. The molecule has 0 bridgehead atoms. The van der Waals surface area contributed by atoms with Crippen LogP contribution >= 0.6 is 23.2 Å². The number of benzene rings is 1. The summed E-state index contributed by atoms with van der Waals surface area (Å²) in [4.78, 5) is 14.3. The van der Waals surface area contributed by atoms with Gasteiger partial charge in [0.25, 0.3) is 0 Å². The van der Waals surface area contributed by atoms with E-state index >= 15 is 0 Å². The summed E-state index contributed by atoms with van der Waals surface area (Å²) in [6.45, 7) is 5.27. The Hall–Kier alpha value is -0.770. The van der Waals surface area contributed by atoms with Crippen LogP contribution in [0.25, 0.3) is 0 Å². The molecule has 1 aromatic carbocycles. The summed E-state index contributed by atoms with van der Waals surface area (Å²) < 4.78 is 5.44. The van der Waals surface area contributed by atoms with Gasteiger partial charge in [-0.15, -0.1) is 0 Å². The van der Waals surface area contributed by atoms with Crippen LogP contribution in [0.15, 0.2) is 18.2 Å². The summed E-state index contributed by atoms with van der Waals surface area (Å²) in [5.41, 5.74) is 1.03. The molecule has 0 spiro atoms. The van der Waals surface area contributed by atoms with Gasteiger partial charge >= 0.3 is 0 Å². The van der Waals surface area contributed by atoms with Crippen LogP contribution in [0.2, 0.25) is 10.0 Å². The van der Waals surface area contributed by atoms with Crippen molar-refractivity contribution in [1.29, 1.82) is 0 Å². The highest BCUT2D eigenvalue weighted by Crippen LogP contribution is 2.23. The summed E-state index contributed by atoms with van der Waals surface area (Å²) in [6.07, 6.45) is 1.15. The molecule has 5 heteroatoms. The second-order valence-electron chi connectivity index (χ2n) is 5.28. The van der Waals surface area contributed by atoms with Crippen LogP contribution < -0.4 is 0 Å². The summed E-state index contributed by atoms with van der Waals surface area (Å²) in [5.74, 6) is 0.166. The smallest absolute Gasteiger partial charge is 0.223 e. The monoisotopic (exact) mass is 315 g/mol. The van der Waals surface area contributed by atoms with Crippen molar-refractivity contribution in [1.82, 2.24) is 4.90 Å². The van der Waals surface area contributed by atoms with Gasteiger partial charge in [-0.2, -0.15) is 0 Å². The number of carbonyl (C=O) groups is 1. The molecular weight excluding hydrogens is 297 g/mol. The maximum atomic E-state index is 12.4. The largest absolute Gasteiger partial charge is 0.377 e. The number of hydrogen-bond donors (Lipinski definition) is 0. The fourth-order valence-corrected chi connectivity index (χ4v) is 2.89. The Balaban J connectivity index is 1.95. The quantitative estimate of drug-likeness (QED) is 0.853. The Morgan fingerprint density at radius 2 is 1.90 bits per heavy atom. The molecule has 0 saturated carbocycles. The number of ether oxygens (including phenoxy) is 1. The first-order chi connectivity index (χ1) is 9.49. The number of morpholine rings is 1. The van der Waals surface area contributed by atoms with E-state index in [0.29, 0.717) is 36.1 Å². The fourth-order valence-electron chi connectivity index (χ4n) is 2.57. The number of aryl methyl sites for hydroxylation is 1. The molecule has 1 aliphatic rings. The van der Waals surface area contributed by atoms with Crippen molar-refractivity contribution in [2.45, 2.75) is 38.8 Å². The van der Waals surface area contributed by atoms with Crippen LogP contribution in [0.4, 0.5) is 0 Å². The van der Waals surface area contributed by atoms with Gasteiger partial charge in [-0.1, -0.05) is 29.3 Å². The lowest BCUT2D eigenvalue weighted by atomic mass is 10.1. The Bertz CT molecular complexity index is 483. The van der Waals surface area contributed by atoms with Crippen molar-refractivity contribution in [3.8, 4) is 0 Å². The van der Waals surface area contributed by atoms with E-state index in [-0.39, 0.29) is 18.0 Å². The highest BCUT2D eigenvalue weighted by Gasteiger charge is 2.29. The zero-order valence-corrected chi connectivity index (χ0v) is 13.2. The second-order valence-corrected chi connectivity index (χ2v) is 6.10. The molecular formula is C15H19Cl2NO2. The van der Waals surface area contributed by atoms with E-state index < -0.39 is 0 Å². The van der Waals surface area contributed by atoms with Gasteiger partial charge in [0, 0.05) is 6.42 Å². The molecule has 0 N–H and O–H groups in total. The number of amides is 1. The predicted octanol–water partition coefficient (Wildman–Crippen LogP) is 3.56. The fraction of sp³-hybridized carbons (Fsp3) is 0.533. The van der Waals surface area contributed by atoms with Gasteiger partial charge in [0.2, 0.25) is 5.91 Å². The van der Waals surface area contributed by atoms with E-state index in [9.17, 15) is 4.79 Å². The zero-order chi connectivity index (χ0) is 14.7. The van der Waals surface area contributed by atoms with E-state index in [1.165, 1.54) is 0 Å². The highest BCUT2D eigenvalue weighted by atomic mass is 35.5. The summed E-state index contributed by atoms with van der Waals surface area (Å²) in [5, 5.41) is 1.07. The van der Waals surface area contributed by atoms with Gasteiger partial charge in [-0.3, -0.25) is 4.79 Å². The van der Waals surface area contributed by atoms with E-state index in [4.69, 9.17) is 27.9 Å². The van der Waals surface area contributed by atoms with Gasteiger partial charge in [0.05, 0.1) is 35.3 Å². The molecule has 0 aliphatic carbocycles. The SMILES string of the molecule is CC1COCC(C)N1C(=O)CCc1ccc(Cl)c(Cl)c1. The van der Waals surface area contributed by atoms with Crippen molar-refractivity contribution >= 4 is 29.1 Å². The number of rotatable bonds is 3. The molecule has 2 unspecified atom stereocenters. The molecule has 2 rings (SSSR count). The van der Waals surface area contributed by atoms with Crippen LogP contribution in [0.1, 0.15) is 25.8 Å². The van der Waals surface area contributed by atoms with Crippen molar-refractivity contribution in [2.24, 2.45) is 0 Å². The first-order valence-corrected chi connectivity index (χ1v) is 7.57. The summed E-state index contributed by atoms with van der Waals surface area (Å²) in [7, 11) is 0. The molecule has 1 amide bonds. The second kappa shape index (κ2) is 6.79. The zero-order valence-electron chi connectivity index (χ0n) is 11.7. The number of nitrogens with zero attached hydrogens (tertiary/aromatic N) is 1. The maximum Gasteiger partial charge on any atom is 0.223 e. The Kier molecular flexibility index (Phi) is 5.30. The Labute approximate surface area is 129 Å². The number of carbonyl (C=O) groups excluding carboxylic acids is 1. The normalized spacial score (nSPS) is 22.9. The predicted molar refractivity (Wildman–Crippen MR) is 81.4 cm³/mol. The molecule has 1 heterocycles. The molecule has 0 aromatic heterocycles. The highest BCUT2D eigenvalue weighted by molar-refractivity contribution is 6.42. The molecule has 20 heavy (non-hydrogen) atoms. The Morgan fingerprint density at radius 1 is 1.25 bits per heavy atom. The lowest BCUT2D eigenvalue weighted by Crippen LogP contribution is -2.52. The minimum Gasteiger partial charge on any atom is -0.377 e. The van der Waals surface area contributed by atoms with Crippen LogP contribution in [0.5, 0.6) is 0 Å². The van der Waals surface area contributed by atoms with E-state index in [0.717, 1.165) is 5.56 Å². The van der Waals surface area contributed by atoms with E-state index in [1.807, 2.05) is 30.9 Å². The van der Waals surface area contributed by atoms with Gasteiger partial charge in [-0.05, 0) is 38.0 Å². The Morgan fingerprint density at radius 3 is 2.50 bits per heavy atom. The van der Waals surface area contributed by atoms with Crippen molar-refractivity contribution in [2.75, 3.05) is 13.2 Å². The van der Waals surface area contributed by atoms with Crippen molar-refractivity contribution in [3.63, 3.8) is 0 Å². The van der Waals surface area contributed by atoms with Crippen molar-refractivity contribution < 1.29 is 9.53 Å². The van der Waals surface area contributed by atoms with Gasteiger partial charge in [0.15, 0.2) is 0 Å². The lowest BCUT2D eigenvalue weighted by Gasteiger charge is -2.39. The van der Waals surface area contributed by atoms with Crippen LogP contribution in [-0.4, -0.2) is 36.1 Å². The van der Waals surface area contributed by atoms with Gasteiger partial charge < -0.3 is 9.64 Å². The average molecular weight is 316 g/mol. The maximum absolute atomic E-state index is 12.4. The molecule has 0 radical (unpaired) electrons. The summed E-state index contributed by atoms with van der Waals surface area (Å²) >= 11 is 11.9. The molecule has 110 valence electrons. The molecule has 1 fully saturated rings. The first kappa shape index (κ1) is 15.6. The molecule has 1 aromatic rings. The molecule has 1 aliphatic heterocycles. The number of halogens is 2. The van der Waals surface area contributed by atoms with Crippen LogP contribution in [0, 0.1) is 0 Å². The molecule has 3 nitrogen and oxygen atoms in total. The molecule has 1 saturated heterocycles. The standard InChI is InChI=1S/C15H19Cl2NO2/c1-10-8-20-9-11(2)18(10)15(19)6-4-12-3-5-13(16)14(17)7-12/h3,5,7,10-11H,4,6,8-9H2,1-2H3. The third-order valence-electron chi connectivity index (χ3n) is 3.57. The third-order valence-corrected chi connectivity index (χ3v) is 4.31. The van der Waals surface area contributed by atoms with Crippen LogP contribution in [-0.2, 0) is 16.0 Å². The van der Waals surface area contributed by atoms with E-state index in [1.54, 1.807) is 6.07 Å². The lowest BCUT2D eigenvalue weighted by molar-refractivity contribution is -0.144. The average Bonchev–Trinajstić information content (AvgIpc) is 2.40. The minimum atomic E-state index is 0.139. The topological polar surface area (TPSA) is 29.5 Å². The third kappa shape index (κ3) is 3.66. The minimum absolute atomic E-state index is 0.139. The van der Waals surface area contributed by atoms with Crippen LogP contribution in [0.3, 0.4) is 0 Å². The van der Waals surface area contributed by atoms with E-state index in [2.05, 4.69) is 0 Å². The van der Waals surface area contributed by atoms with Gasteiger partial charge in [-0.25, -0.2) is 0 Å². The number of hydrogen-bond acceptors (Lipinski definition) is 2. The first-order valence-electron chi connectivity index (χ1n) is 6.82. The van der Waals surface area contributed by atoms with Gasteiger partial charge in [0.1, 0.15) is 0 Å². The van der Waals surface area contributed by atoms with Crippen molar-refractivity contribution in [3.05, 3.63) is 33.8 Å².